The van der Waals surface area contributed by atoms with Crippen molar-refractivity contribution >= 4 is 29.8 Å². The summed E-state index contributed by atoms with van der Waals surface area (Å²) >= 11 is 0. The SMILES string of the molecule is CC(=O)N[C@@H]1C[C@@H]2OC3(CCCCC3)O[C@@H]2[C@H]1O[C@@H]1O[C@H](COC(C)=O)[C@@H](OC(C)=O)[C@H](OC(C)=O)[C@H]1OC(C)=O. The molecular weight excluding hydrogens is 546 g/mol. The van der Waals surface area contributed by atoms with E-state index in [1.54, 1.807) is 0 Å². The molecule has 4 aliphatic rings. The van der Waals surface area contributed by atoms with E-state index in [2.05, 4.69) is 5.32 Å². The molecular formula is C27H39NO13. The summed E-state index contributed by atoms with van der Waals surface area (Å²) in [4.78, 5) is 60.0. The molecule has 0 aromatic carbocycles. The fraction of sp³-hybridized carbons (Fsp3) is 0.815. The fourth-order valence-corrected chi connectivity index (χ4v) is 6.12. The number of hydrogen-bond donors (Lipinski definition) is 1. The Labute approximate surface area is 237 Å². The second kappa shape index (κ2) is 13.0. The van der Waals surface area contributed by atoms with Crippen molar-refractivity contribution in [3.63, 3.8) is 0 Å². The van der Waals surface area contributed by atoms with Crippen LogP contribution in [0, 0.1) is 0 Å². The van der Waals surface area contributed by atoms with Crippen LogP contribution in [0.5, 0.6) is 0 Å². The molecule has 0 radical (unpaired) electrons. The van der Waals surface area contributed by atoms with Gasteiger partial charge in [-0.25, -0.2) is 0 Å². The molecule has 9 atom stereocenters. The van der Waals surface area contributed by atoms with Crippen molar-refractivity contribution in [3.05, 3.63) is 0 Å². The van der Waals surface area contributed by atoms with Gasteiger partial charge in [-0.2, -0.15) is 0 Å². The van der Waals surface area contributed by atoms with Crippen LogP contribution in [0.15, 0.2) is 0 Å². The molecule has 0 aromatic heterocycles. The third-order valence-corrected chi connectivity index (χ3v) is 7.53. The van der Waals surface area contributed by atoms with E-state index >= 15 is 0 Å². The minimum Gasteiger partial charge on any atom is -0.463 e. The summed E-state index contributed by atoms with van der Waals surface area (Å²) in [5.74, 6) is -3.88. The second-order valence-electron chi connectivity index (χ2n) is 10.9. The zero-order valence-corrected chi connectivity index (χ0v) is 24.0. The Kier molecular flexibility index (Phi) is 9.88. The van der Waals surface area contributed by atoms with Gasteiger partial charge in [-0.15, -0.1) is 0 Å². The summed E-state index contributed by atoms with van der Waals surface area (Å²) < 4.78 is 47.0. The number of carbonyl (C=O) groups is 5. The lowest BCUT2D eigenvalue weighted by Gasteiger charge is -2.45. The number of carbonyl (C=O) groups excluding carboxylic acids is 5. The van der Waals surface area contributed by atoms with E-state index in [9.17, 15) is 24.0 Å². The smallest absolute Gasteiger partial charge is 0.303 e. The summed E-state index contributed by atoms with van der Waals surface area (Å²) in [5.41, 5.74) is 0. The molecule has 2 aliphatic heterocycles. The molecule has 1 N–H and O–H groups in total. The average molecular weight is 586 g/mol. The Hall–Kier alpha value is -2.81. The van der Waals surface area contributed by atoms with Crippen LogP contribution in [0.1, 0.15) is 73.1 Å². The van der Waals surface area contributed by atoms with Gasteiger partial charge in [0.25, 0.3) is 0 Å². The Balaban J connectivity index is 1.66. The fourth-order valence-electron chi connectivity index (χ4n) is 6.12. The largest absolute Gasteiger partial charge is 0.463 e. The van der Waals surface area contributed by atoms with Crippen LogP contribution in [0.4, 0.5) is 0 Å². The summed E-state index contributed by atoms with van der Waals surface area (Å²) in [5, 5.41) is 2.88. The number of hydrogen-bond acceptors (Lipinski definition) is 13. The van der Waals surface area contributed by atoms with Crippen LogP contribution in [0.2, 0.25) is 0 Å². The van der Waals surface area contributed by atoms with E-state index in [1.807, 2.05) is 0 Å². The maximum Gasteiger partial charge on any atom is 0.303 e. The van der Waals surface area contributed by atoms with Crippen molar-refractivity contribution in [1.29, 1.82) is 0 Å². The molecule has 2 saturated carbocycles. The zero-order valence-electron chi connectivity index (χ0n) is 24.0. The van der Waals surface area contributed by atoms with Gasteiger partial charge in [0, 0.05) is 47.5 Å². The van der Waals surface area contributed by atoms with E-state index in [4.69, 9.17) is 37.9 Å². The highest BCUT2D eigenvalue weighted by Gasteiger charge is 2.60. The second-order valence-corrected chi connectivity index (χ2v) is 10.9. The predicted molar refractivity (Wildman–Crippen MR) is 135 cm³/mol. The van der Waals surface area contributed by atoms with E-state index in [0.717, 1.165) is 52.9 Å². The molecule has 2 aliphatic carbocycles. The highest BCUT2D eigenvalue weighted by Crippen LogP contribution is 2.47. The number of amides is 1. The molecule has 4 rings (SSSR count). The minimum atomic E-state index is -1.40. The molecule has 2 saturated heterocycles. The third kappa shape index (κ3) is 7.53. The average Bonchev–Trinajstić information content (AvgIpc) is 3.34. The minimum absolute atomic E-state index is 0.294. The van der Waals surface area contributed by atoms with Crippen molar-refractivity contribution in [3.8, 4) is 0 Å². The van der Waals surface area contributed by atoms with Crippen molar-refractivity contribution in [1.82, 2.24) is 5.32 Å². The molecule has 1 spiro atoms. The third-order valence-electron chi connectivity index (χ3n) is 7.53. The van der Waals surface area contributed by atoms with E-state index < -0.39 is 78.6 Å². The van der Waals surface area contributed by atoms with Crippen molar-refractivity contribution in [2.24, 2.45) is 0 Å². The molecule has 2 heterocycles. The van der Waals surface area contributed by atoms with Crippen LogP contribution in [0.25, 0.3) is 0 Å². The van der Waals surface area contributed by atoms with Crippen molar-refractivity contribution in [2.45, 2.75) is 134 Å². The zero-order chi connectivity index (χ0) is 29.9. The highest BCUT2D eigenvalue weighted by atomic mass is 16.8. The van der Waals surface area contributed by atoms with Gasteiger partial charge in [0.15, 0.2) is 30.4 Å². The molecule has 41 heavy (non-hydrogen) atoms. The Morgan fingerprint density at radius 1 is 0.756 bits per heavy atom. The Morgan fingerprint density at radius 3 is 1.95 bits per heavy atom. The molecule has 1 amide bonds. The highest BCUT2D eigenvalue weighted by molar-refractivity contribution is 5.73. The van der Waals surface area contributed by atoms with Gasteiger partial charge in [-0.1, -0.05) is 6.42 Å². The van der Waals surface area contributed by atoms with Crippen molar-refractivity contribution in [2.75, 3.05) is 6.61 Å². The van der Waals surface area contributed by atoms with E-state index in [0.29, 0.717) is 6.42 Å². The number of ether oxygens (including phenoxy) is 8. The number of esters is 4. The van der Waals surface area contributed by atoms with Gasteiger partial charge in [-0.3, -0.25) is 24.0 Å². The summed E-state index contributed by atoms with van der Waals surface area (Å²) in [7, 11) is 0. The first kappa shape index (κ1) is 31.1. The number of rotatable bonds is 8. The summed E-state index contributed by atoms with van der Waals surface area (Å²) in [6.45, 7) is 5.63. The van der Waals surface area contributed by atoms with Gasteiger partial charge >= 0.3 is 23.9 Å². The first-order valence-corrected chi connectivity index (χ1v) is 14.0. The van der Waals surface area contributed by atoms with Crippen LogP contribution in [-0.2, 0) is 61.9 Å². The van der Waals surface area contributed by atoms with Crippen LogP contribution in [-0.4, -0.2) is 97.2 Å². The van der Waals surface area contributed by atoms with E-state index in [-0.39, 0.29) is 18.6 Å². The molecule has 0 aromatic rings. The molecule has 14 heteroatoms. The van der Waals surface area contributed by atoms with Gasteiger partial charge < -0.3 is 43.2 Å². The summed E-state index contributed by atoms with van der Waals surface area (Å²) in [6.07, 6.45) is -3.54. The standard InChI is InChI=1S/C27H39NO13/c1-13(29)28-18-11-19-23(41-27(40-19)9-7-6-8-10-27)21(18)39-26-25(37-17(5)33)24(36-16(4)32)22(35-15(3)31)20(38-26)12-34-14(2)30/h18-26H,6-12H2,1-5H3,(H,28,29)/t18-,19+,20-,21+,22-,23+,24+,25-,26+/m1/s1. The maximum absolute atomic E-state index is 12.2. The van der Waals surface area contributed by atoms with Crippen LogP contribution < -0.4 is 5.32 Å². The predicted octanol–water partition coefficient (Wildman–Crippen LogP) is 0.808. The van der Waals surface area contributed by atoms with Gasteiger partial charge in [0.2, 0.25) is 5.91 Å². The van der Waals surface area contributed by atoms with Gasteiger partial charge in [0.1, 0.15) is 24.9 Å². The molecule has 4 fully saturated rings. The van der Waals surface area contributed by atoms with Crippen LogP contribution >= 0.6 is 0 Å². The monoisotopic (exact) mass is 585 g/mol. The van der Waals surface area contributed by atoms with Gasteiger partial charge in [0.05, 0.1) is 12.1 Å². The topological polar surface area (TPSA) is 171 Å². The van der Waals surface area contributed by atoms with Crippen molar-refractivity contribution < 1.29 is 61.9 Å². The lowest BCUT2D eigenvalue weighted by atomic mass is 9.94. The normalized spacial score (nSPS) is 35.7. The lowest BCUT2D eigenvalue weighted by molar-refractivity contribution is -0.324. The molecule has 14 nitrogen and oxygen atoms in total. The molecule has 0 unspecified atom stereocenters. The molecule has 0 bridgehead atoms. The van der Waals surface area contributed by atoms with E-state index in [1.165, 1.54) is 13.8 Å². The lowest BCUT2D eigenvalue weighted by Crippen LogP contribution is -2.64. The number of nitrogens with one attached hydrogen (secondary N) is 1. The quantitative estimate of drug-likeness (QED) is 0.314. The number of fused-ring (bicyclic) bond motifs is 1. The maximum atomic E-state index is 12.2. The van der Waals surface area contributed by atoms with Crippen LogP contribution in [0.3, 0.4) is 0 Å². The first-order chi connectivity index (χ1) is 19.4. The van der Waals surface area contributed by atoms with Gasteiger partial charge in [-0.05, 0) is 19.3 Å². The Morgan fingerprint density at radius 2 is 1.37 bits per heavy atom. The summed E-state index contributed by atoms with van der Waals surface area (Å²) in [6, 6.07) is -0.546. The first-order valence-electron chi connectivity index (χ1n) is 14.0. The Bertz CT molecular complexity index is 1010. The molecule has 230 valence electrons.